The van der Waals surface area contributed by atoms with Crippen LogP contribution < -0.4 is 14.8 Å². The Bertz CT molecular complexity index is 1310. The maximum Gasteiger partial charge on any atom is 0.338 e. The summed E-state index contributed by atoms with van der Waals surface area (Å²) in [4.78, 5) is 40.1. The average Bonchev–Trinajstić information content (AvgIpc) is 2.84. The lowest BCUT2D eigenvalue weighted by Gasteiger charge is -2.39. The second-order valence-electron chi connectivity index (χ2n) is 8.93. The largest absolute Gasteiger partial charge is 0.491 e. The molecule has 1 aliphatic rings. The van der Waals surface area contributed by atoms with E-state index in [9.17, 15) is 14.4 Å². The van der Waals surface area contributed by atoms with E-state index in [1.54, 1.807) is 63.2 Å². The molecule has 200 valence electrons. The second-order valence-corrected chi connectivity index (χ2v) is 9.32. The number of rotatable bonds is 8. The van der Waals surface area contributed by atoms with Gasteiger partial charge in [-0.3, -0.25) is 14.5 Å². The quantitative estimate of drug-likeness (QED) is 0.216. The number of allylic oxidation sites excluding steroid dienone is 1. The molecule has 0 saturated heterocycles. The Kier molecular flexibility index (Phi) is 9.41. The summed E-state index contributed by atoms with van der Waals surface area (Å²) in [7, 11) is 0. The standard InChI is InChI=1S/C29H32N2O6S/c1-7-35-28(34)25-19(5)30-29(38)31(26(25)22-13-9-11-15-24(22)36-17(2)3)27(33)18(4)16-21-12-8-10-14-23(21)37-20(6)32/h8-17,26H,7H2,1-6H3,(H,30,38)/b18-16+. The molecule has 3 rings (SSSR count). The van der Waals surface area contributed by atoms with Gasteiger partial charge >= 0.3 is 11.9 Å². The summed E-state index contributed by atoms with van der Waals surface area (Å²) in [6.07, 6.45) is 1.47. The lowest BCUT2D eigenvalue weighted by Crippen LogP contribution is -2.51. The molecule has 1 unspecified atom stereocenters. The molecule has 1 atom stereocenters. The first-order valence-electron chi connectivity index (χ1n) is 12.3. The van der Waals surface area contributed by atoms with Crippen LogP contribution in [-0.2, 0) is 19.1 Å². The third-order valence-corrected chi connectivity index (χ3v) is 5.92. The topological polar surface area (TPSA) is 94.2 Å². The summed E-state index contributed by atoms with van der Waals surface area (Å²) < 4.78 is 16.7. The van der Waals surface area contributed by atoms with Crippen molar-refractivity contribution in [3.63, 3.8) is 0 Å². The number of ether oxygens (including phenoxy) is 3. The van der Waals surface area contributed by atoms with Crippen LogP contribution in [0.1, 0.15) is 58.7 Å². The average molecular weight is 537 g/mol. The Labute approximate surface area is 228 Å². The zero-order valence-corrected chi connectivity index (χ0v) is 23.2. The maximum atomic E-state index is 14.0. The van der Waals surface area contributed by atoms with Crippen molar-refractivity contribution in [1.82, 2.24) is 10.2 Å². The summed E-state index contributed by atoms with van der Waals surface area (Å²) in [5, 5.41) is 3.12. The van der Waals surface area contributed by atoms with Crippen LogP contribution in [-0.4, -0.2) is 40.6 Å². The van der Waals surface area contributed by atoms with E-state index in [0.29, 0.717) is 33.9 Å². The van der Waals surface area contributed by atoms with Gasteiger partial charge in [0.25, 0.3) is 5.91 Å². The number of para-hydroxylation sites is 2. The van der Waals surface area contributed by atoms with Gasteiger partial charge in [0.2, 0.25) is 0 Å². The van der Waals surface area contributed by atoms with E-state index < -0.39 is 23.9 Å². The van der Waals surface area contributed by atoms with Crippen LogP contribution in [0.4, 0.5) is 0 Å². The highest BCUT2D eigenvalue weighted by Crippen LogP contribution is 2.40. The Balaban J connectivity index is 2.17. The smallest absolute Gasteiger partial charge is 0.338 e. The van der Waals surface area contributed by atoms with E-state index in [1.165, 1.54) is 11.8 Å². The molecule has 0 aliphatic carbocycles. The van der Waals surface area contributed by atoms with Crippen molar-refractivity contribution in [3.05, 3.63) is 76.5 Å². The highest BCUT2D eigenvalue weighted by molar-refractivity contribution is 7.80. The molecule has 1 amide bonds. The summed E-state index contributed by atoms with van der Waals surface area (Å²) in [5.74, 6) is -0.645. The van der Waals surface area contributed by atoms with E-state index in [0.717, 1.165) is 0 Å². The van der Waals surface area contributed by atoms with Gasteiger partial charge in [-0.2, -0.15) is 0 Å². The third-order valence-electron chi connectivity index (χ3n) is 5.62. The van der Waals surface area contributed by atoms with Gasteiger partial charge in [0.15, 0.2) is 5.11 Å². The number of benzene rings is 2. The second kappa shape index (κ2) is 12.5. The van der Waals surface area contributed by atoms with Gasteiger partial charge < -0.3 is 19.5 Å². The van der Waals surface area contributed by atoms with Crippen molar-refractivity contribution in [3.8, 4) is 11.5 Å². The number of thiocarbonyl (C=S) groups is 1. The van der Waals surface area contributed by atoms with Crippen LogP contribution in [0.3, 0.4) is 0 Å². The minimum Gasteiger partial charge on any atom is -0.491 e. The van der Waals surface area contributed by atoms with E-state index in [-0.39, 0.29) is 23.4 Å². The number of carbonyl (C=O) groups excluding carboxylic acids is 3. The number of amides is 1. The molecule has 0 saturated carbocycles. The zero-order valence-electron chi connectivity index (χ0n) is 22.4. The Morgan fingerprint density at radius 3 is 2.32 bits per heavy atom. The van der Waals surface area contributed by atoms with E-state index in [1.807, 2.05) is 26.0 Å². The molecule has 0 fully saturated rings. The fourth-order valence-corrected chi connectivity index (χ4v) is 4.46. The van der Waals surface area contributed by atoms with Gasteiger partial charge in [0, 0.05) is 29.3 Å². The maximum absolute atomic E-state index is 14.0. The minimum atomic E-state index is -0.905. The van der Waals surface area contributed by atoms with E-state index in [4.69, 9.17) is 26.4 Å². The molecular formula is C29H32N2O6S. The Hall–Kier alpha value is -3.98. The van der Waals surface area contributed by atoms with E-state index >= 15 is 0 Å². The first-order chi connectivity index (χ1) is 18.0. The van der Waals surface area contributed by atoms with Crippen molar-refractivity contribution in [1.29, 1.82) is 0 Å². The summed E-state index contributed by atoms with van der Waals surface area (Å²) in [6, 6.07) is 13.2. The molecule has 0 bridgehead atoms. The van der Waals surface area contributed by atoms with Gasteiger partial charge in [0.05, 0.1) is 18.3 Å². The van der Waals surface area contributed by atoms with Crippen LogP contribution >= 0.6 is 12.2 Å². The summed E-state index contributed by atoms with van der Waals surface area (Å²) in [6.45, 7) is 10.3. The van der Waals surface area contributed by atoms with Crippen molar-refractivity contribution < 1.29 is 28.6 Å². The first kappa shape index (κ1) is 28.6. The molecular weight excluding hydrogens is 504 g/mol. The Morgan fingerprint density at radius 2 is 1.68 bits per heavy atom. The number of nitrogens with one attached hydrogen (secondary N) is 1. The number of esters is 2. The molecule has 0 radical (unpaired) electrons. The molecule has 0 spiro atoms. The Morgan fingerprint density at radius 1 is 1.05 bits per heavy atom. The van der Waals surface area contributed by atoms with Gasteiger partial charge in [-0.05, 0) is 65.0 Å². The first-order valence-corrected chi connectivity index (χ1v) is 12.7. The molecule has 8 nitrogen and oxygen atoms in total. The van der Waals surface area contributed by atoms with Crippen molar-refractivity contribution >= 4 is 41.3 Å². The lowest BCUT2D eigenvalue weighted by atomic mass is 9.92. The number of carbonyl (C=O) groups is 3. The highest BCUT2D eigenvalue weighted by atomic mass is 32.1. The van der Waals surface area contributed by atoms with Crippen molar-refractivity contribution in [2.45, 2.75) is 53.7 Å². The van der Waals surface area contributed by atoms with E-state index in [2.05, 4.69) is 5.32 Å². The summed E-state index contributed by atoms with van der Waals surface area (Å²) in [5.41, 5.74) is 2.19. The summed E-state index contributed by atoms with van der Waals surface area (Å²) >= 11 is 5.63. The van der Waals surface area contributed by atoms with Crippen LogP contribution in [0.5, 0.6) is 11.5 Å². The minimum absolute atomic E-state index is 0.130. The normalized spacial score (nSPS) is 15.8. The van der Waals surface area contributed by atoms with Gasteiger partial charge in [-0.1, -0.05) is 36.4 Å². The molecule has 0 aromatic heterocycles. The fourth-order valence-electron chi connectivity index (χ4n) is 4.12. The lowest BCUT2D eigenvalue weighted by molar-refractivity contribution is -0.139. The molecule has 2 aromatic rings. The van der Waals surface area contributed by atoms with Gasteiger partial charge in [-0.25, -0.2) is 4.79 Å². The number of hydrogen-bond donors (Lipinski definition) is 1. The zero-order chi connectivity index (χ0) is 28.0. The van der Waals surface area contributed by atoms with Crippen molar-refractivity contribution in [2.24, 2.45) is 0 Å². The number of hydrogen-bond acceptors (Lipinski definition) is 7. The van der Waals surface area contributed by atoms with Crippen LogP contribution in [0, 0.1) is 0 Å². The molecule has 38 heavy (non-hydrogen) atoms. The highest BCUT2D eigenvalue weighted by Gasteiger charge is 2.41. The molecule has 1 aliphatic heterocycles. The van der Waals surface area contributed by atoms with Crippen molar-refractivity contribution in [2.75, 3.05) is 6.61 Å². The molecule has 1 heterocycles. The van der Waals surface area contributed by atoms with Crippen LogP contribution in [0.2, 0.25) is 0 Å². The predicted octanol–water partition coefficient (Wildman–Crippen LogP) is 5.10. The van der Waals surface area contributed by atoms with Crippen LogP contribution in [0.25, 0.3) is 6.08 Å². The molecule has 2 aromatic carbocycles. The fraction of sp³-hybridized carbons (Fsp3) is 0.310. The van der Waals surface area contributed by atoms with Gasteiger partial charge in [-0.15, -0.1) is 0 Å². The van der Waals surface area contributed by atoms with Gasteiger partial charge in [0.1, 0.15) is 17.5 Å². The number of nitrogens with zero attached hydrogens (tertiary/aromatic N) is 1. The molecule has 9 heteroatoms. The third kappa shape index (κ3) is 6.47. The molecule has 1 N–H and O–H groups in total. The SMILES string of the molecule is CCOC(=O)C1=C(C)NC(=S)N(C(=O)/C(C)=C/c2ccccc2OC(C)=O)C1c1ccccc1OC(C)C. The predicted molar refractivity (Wildman–Crippen MR) is 148 cm³/mol. The monoisotopic (exact) mass is 536 g/mol. The van der Waals surface area contributed by atoms with Crippen LogP contribution in [0.15, 0.2) is 65.4 Å².